The fraction of sp³-hybridized carbons (Fsp3) is 0.625. The van der Waals surface area contributed by atoms with Gasteiger partial charge in [0.25, 0.3) is 0 Å². The van der Waals surface area contributed by atoms with Gasteiger partial charge in [-0.15, -0.1) is 0 Å². The number of halogens is 2. The lowest BCUT2D eigenvalue weighted by atomic mass is 9.81. The van der Waals surface area contributed by atoms with Crippen LogP contribution in [0.5, 0.6) is 0 Å². The summed E-state index contributed by atoms with van der Waals surface area (Å²) in [6.07, 6.45) is 0.965. The van der Waals surface area contributed by atoms with Crippen molar-refractivity contribution in [1.29, 1.82) is 0 Å². The van der Waals surface area contributed by atoms with E-state index in [1.54, 1.807) is 0 Å². The quantitative estimate of drug-likeness (QED) is 0.825. The fourth-order valence-corrected chi connectivity index (χ4v) is 2.89. The molecule has 19 heavy (non-hydrogen) atoms. The van der Waals surface area contributed by atoms with Crippen LogP contribution in [0, 0.1) is 17.0 Å². The highest BCUT2D eigenvalue weighted by atomic mass is 19.1. The van der Waals surface area contributed by atoms with Crippen LogP contribution in [0.3, 0.4) is 0 Å². The SMILES string of the molecule is CC(NC(C)(C)CC(C)(C)C)c1ccc(F)cc1F. The zero-order valence-corrected chi connectivity index (χ0v) is 12.8. The van der Waals surface area contributed by atoms with Crippen molar-refractivity contribution in [3.8, 4) is 0 Å². The Hall–Kier alpha value is -0.960. The Morgan fingerprint density at radius 3 is 2.16 bits per heavy atom. The van der Waals surface area contributed by atoms with E-state index >= 15 is 0 Å². The Morgan fingerprint density at radius 2 is 1.68 bits per heavy atom. The van der Waals surface area contributed by atoms with Gasteiger partial charge in [0.05, 0.1) is 0 Å². The fourth-order valence-electron chi connectivity index (χ4n) is 2.89. The Labute approximate surface area is 115 Å². The van der Waals surface area contributed by atoms with Crippen molar-refractivity contribution in [1.82, 2.24) is 5.32 Å². The van der Waals surface area contributed by atoms with Crippen molar-refractivity contribution in [2.45, 2.75) is 59.5 Å². The average molecular weight is 269 g/mol. The van der Waals surface area contributed by atoms with Gasteiger partial charge in [0, 0.05) is 23.2 Å². The minimum Gasteiger partial charge on any atom is -0.305 e. The molecular formula is C16H25F2N. The van der Waals surface area contributed by atoms with Gasteiger partial charge in [-0.3, -0.25) is 0 Å². The minimum absolute atomic E-state index is 0.113. The van der Waals surface area contributed by atoms with E-state index in [9.17, 15) is 8.78 Å². The maximum Gasteiger partial charge on any atom is 0.130 e. The third-order valence-corrected chi connectivity index (χ3v) is 3.01. The van der Waals surface area contributed by atoms with Crippen LogP contribution in [0.25, 0.3) is 0 Å². The van der Waals surface area contributed by atoms with Crippen LogP contribution in [0.2, 0.25) is 0 Å². The molecule has 3 heteroatoms. The van der Waals surface area contributed by atoms with Gasteiger partial charge >= 0.3 is 0 Å². The summed E-state index contributed by atoms with van der Waals surface area (Å²) >= 11 is 0. The summed E-state index contributed by atoms with van der Waals surface area (Å²) in [4.78, 5) is 0. The third kappa shape index (κ3) is 5.27. The normalized spacial score (nSPS) is 14.5. The van der Waals surface area contributed by atoms with Gasteiger partial charge in [-0.2, -0.15) is 0 Å². The van der Waals surface area contributed by atoms with E-state index in [2.05, 4.69) is 39.9 Å². The van der Waals surface area contributed by atoms with Gasteiger partial charge in [-0.1, -0.05) is 26.8 Å². The van der Waals surface area contributed by atoms with Gasteiger partial charge in [-0.05, 0) is 38.7 Å². The summed E-state index contributed by atoms with van der Waals surface area (Å²) in [5.74, 6) is -1.03. The Bertz CT molecular complexity index is 433. The highest BCUT2D eigenvalue weighted by molar-refractivity contribution is 5.22. The monoisotopic (exact) mass is 269 g/mol. The van der Waals surface area contributed by atoms with E-state index in [-0.39, 0.29) is 17.0 Å². The molecule has 0 aliphatic heterocycles. The van der Waals surface area contributed by atoms with E-state index in [1.165, 1.54) is 12.1 Å². The number of nitrogens with one attached hydrogen (secondary N) is 1. The molecule has 108 valence electrons. The van der Waals surface area contributed by atoms with Crippen molar-refractivity contribution in [3.63, 3.8) is 0 Å². The van der Waals surface area contributed by atoms with Crippen molar-refractivity contribution < 1.29 is 8.78 Å². The summed E-state index contributed by atoms with van der Waals surface area (Å²) in [7, 11) is 0. The van der Waals surface area contributed by atoms with Gasteiger partial charge in [0.1, 0.15) is 11.6 Å². The first-order valence-electron chi connectivity index (χ1n) is 6.73. The summed E-state index contributed by atoms with van der Waals surface area (Å²) in [5.41, 5.74) is 0.583. The first-order chi connectivity index (χ1) is 8.50. The molecule has 0 amide bonds. The maximum absolute atomic E-state index is 13.7. The molecule has 0 aliphatic carbocycles. The van der Waals surface area contributed by atoms with Gasteiger partial charge in [0.15, 0.2) is 0 Å². The Kier molecular flexibility index (Phi) is 4.72. The number of hydrogen-bond acceptors (Lipinski definition) is 1. The average Bonchev–Trinajstić information content (AvgIpc) is 2.11. The molecule has 1 atom stereocenters. The molecule has 0 aliphatic rings. The number of hydrogen-bond donors (Lipinski definition) is 1. The van der Waals surface area contributed by atoms with Crippen LogP contribution >= 0.6 is 0 Å². The van der Waals surface area contributed by atoms with Crippen molar-refractivity contribution in [2.75, 3.05) is 0 Å². The molecule has 0 saturated heterocycles. The molecule has 1 aromatic carbocycles. The van der Waals surface area contributed by atoms with Gasteiger partial charge < -0.3 is 5.32 Å². The predicted molar refractivity (Wildman–Crippen MR) is 76.1 cm³/mol. The first-order valence-corrected chi connectivity index (χ1v) is 6.73. The van der Waals surface area contributed by atoms with Crippen molar-refractivity contribution in [3.05, 3.63) is 35.4 Å². The van der Waals surface area contributed by atoms with Crippen molar-refractivity contribution >= 4 is 0 Å². The molecule has 0 bridgehead atoms. The van der Waals surface area contributed by atoms with Crippen LogP contribution in [0.4, 0.5) is 8.78 Å². The van der Waals surface area contributed by atoms with Crippen molar-refractivity contribution in [2.24, 2.45) is 5.41 Å². The molecule has 0 heterocycles. The predicted octanol–water partition coefficient (Wildman–Crippen LogP) is 4.83. The van der Waals surface area contributed by atoms with Crippen LogP contribution < -0.4 is 5.32 Å². The molecule has 0 radical (unpaired) electrons. The van der Waals surface area contributed by atoms with E-state index in [4.69, 9.17) is 0 Å². The highest BCUT2D eigenvalue weighted by Crippen LogP contribution is 2.29. The lowest BCUT2D eigenvalue weighted by Crippen LogP contribution is -2.43. The Balaban J connectivity index is 2.81. The lowest BCUT2D eigenvalue weighted by Gasteiger charge is -2.36. The number of benzene rings is 1. The second-order valence-corrected chi connectivity index (χ2v) is 7.15. The van der Waals surface area contributed by atoms with Gasteiger partial charge in [0.2, 0.25) is 0 Å². The molecule has 0 spiro atoms. The molecular weight excluding hydrogens is 244 g/mol. The van der Waals surface area contributed by atoms with E-state index in [1.807, 2.05) is 6.92 Å². The molecule has 0 fully saturated rings. The second-order valence-electron chi connectivity index (χ2n) is 7.15. The lowest BCUT2D eigenvalue weighted by molar-refractivity contribution is 0.225. The standard InChI is InChI=1S/C16H25F2N/c1-11(13-8-7-12(17)9-14(13)18)19-16(5,6)10-15(2,3)4/h7-9,11,19H,10H2,1-6H3. The van der Waals surface area contributed by atoms with Crippen LogP contribution in [0.15, 0.2) is 18.2 Å². The van der Waals surface area contributed by atoms with E-state index in [0.717, 1.165) is 12.5 Å². The summed E-state index contributed by atoms with van der Waals surface area (Å²) < 4.78 is 26.6. The molecule has 1 unspecified atom stereocenters. The molecule has 1 rings (SSSR count). The van der Waals surface area contributed by atoms with Gasteiger partial charge in [-0.25, -0.2) is 8.78 Å². The Morgan fingerprint density at radius 1 is 1.11 bits per heavy atom. The summed E-state index contributed by atoms with van der Waals surface area (Å²) in [6.45, 7) is 12.7. The summed E-state index contributed by atoms with van der Waals surface area (Å²) in [6, 6.07) is 3.59. The van der Waals surface area contributed by atoms with Crippen LogP contribution in [-0.2, 0) is 0 Å². The molecule has 1 N–H and O–H groups in total. The highest BCUT2D eigenvalue weighted by Gasteiger charge is 2.27. The van der Waals surface area contributed by atoms with Crippen LogP contribution in [0.1, 0.15) is 59.6 Å². The number of rotatable bonds is 4. The smallest absolute Gasteiger partial charge is 0.130 e. The first kappa shape index (κ1) is 16.1. The topological polar surface area (TPSA) is 12.0 Å². The third-order valence-electron chi connectivity index (χ3n) is 3.01. The maximum atomic E-state index is 13.7. The van der Waals surface area contributed by atoms with E-state index in [0.29, 0.717) is 5.56 Å². The van der Waals surface area contributed by atoms with Crippen LogP contribution in [-0.4, -0.2) is 5.54 Å². The second kappa shape index (κ2) is 5.58. The largest absolute Gasteiger partial charge is 0.305 e. The molecule has 0 saturated carbocycles. The minimum atomic E-state index is -0.539. The molecule has 0 aromatic heterocycles. The molecule has 1 nitrogen and oxygen atoms in total. The summed E-state index contributed by atoms with van der Waals surface area (Å²) in [5, 5.41) is 3.43. The van der Waals surface area contributed by atoms with E-state index < -0.39 is 11.6 Å². The molecule has 1 aromatic rings. The zero-order chi connectivity index (χ0) is 14.8. The zero-order valence-electron chi connectivity index (χ0n) is 12.8.